The number of rotatable bonds is 6. The largest absolute Gasteiger partial charge is 0.278 e. The highest BCUT2D eigenvalue weighted by Crippen LogP contribution is 2.57. The van der Waals surface area contributed by atoms with Gasteiger partial charge < -0.3 is 0 Å². The Balaban J connectivity index is 0.000000102. The fourth-order valence-corrected chi connectivity index (χ4v) is 25.1. The Kier molecular flexibility index (Phi) is 17.6. The van der Waals surface area contributed by atoms with E-state index in [0.717, 1.165) is 104 Å². The van der Waals surface area contributed by atoms with Crippen LogP contribution in [0.2, 0.25) is 0 Å². The lowest BCUT2D eigenvalue weighted by Gasteiger charge is -2.23. The predicted molar refractivity (Wildman–Crippen MR) is 589 cm³/mol. The summed E-state index contributed by atoms with van der Waals surface area (Å²) in [4.78, 5) is 72.8. The number of hydrogen-bond donors (Lipinski definition) is 0. The van der Waals surface area contributed by atoms with Gasteiger partial charge in [-0.25, -0.2) is 29.9 Å². The normalized spacial score (nSPS) is 13.1. The number of pyridine rings is 3. The summed E-state index contributed by atoms with van der Waals surface area (Å²) >= 11 is 1.80. The van der Waals surface area contributed by atoms with E-state index in [1.807, 2.05) is 164 Å². The zero-order valence-electron chi connectivity index (χ0n) is 77.8. The minimum atomic E-state index is -0.230. The van der Waals surface area contributed by atoms with Crippen LogP contribution in [0.15, 0.2) is 427 Å². The summed E-state index contributed by atoms with van der Waals surface area (Å²) in [5, 5.41) is 23.4. The maximum Gasteiger partial charge on any atom is 0.266 e. The molecule has 2 aliphatic rings. The number of para-hydroxylation sites is 7. The Morgan fingerprint density at radius 2 is 0.608 bits per heavy atom. The van der Waals surface area contributed by atoms with E-state index >= 15 is 0 Å². The topological polar surface area (TPSA) is 158 Å². The van der Waals surface area contributed by atoms with E-state index in [4.69, 9.17) is 29.9 Å². The molecule has 672 valence electrons. The molecule has 31 rings (SSSR count). The molecule has 29 aromatic rings. The second kappa shape index (κ2) is 30.7. The number of hydrogen-bond acceptors (Lipinski definition) is 10. The molecule has 0 N–H and O–H groups in total. The van der Waals surface area contributed by atoms with E-state index in [0.29, 0.717) is 50.6 Å². The molecule has 15 nitrogen and oxygen atoms in total. The number of thiophene rings is 1. The first-order valence-electron chi connectivity index (χ1n) is 48.2. The molecule has 19 aromatic carbocycles. The molecule has 0 unspecified atom stereocenters. The van der Waals surface area contributed by atoms with Crippen molar-refractivity contribution < 1.29 is 0 Å². The first-order valence-corrected chi connectivity index (χ1v) is 49.1. The highest BCUT2D eigenvalue weighted by atomic mass is 32.1. The highest BCUT2D eigenvalue weighted by Gasteiger charge is 2.41. The van der Waals surface area contributed by atoms with Crippen LogP contribution in [0.1, 0.15) is 49.9 Å². The molecular weight excluding hydrogens is 1770 g/mol. The highest BCUT2D eigenvalue weighted by molar-refractivity contribution is 7.26. The maximum atomic E-state index is 14.2. The Hall–Kier alpha value is -18.5. The van der Waals surface area contributed by atoms with Crippen molar-refractivity contribution in [1.82, 2.24) is 57.3 Å². The molecular formula is C127H80N12O3S. The predicted octanol–water partition coefficient (Wildman–Crippen LogP) is 29.7. The molecule has 0 radical (unpaired) electrons. The lowest BCUT2D eigenvalue weighted by molar-refractivity contribution is 0.661. The summed E-state index contributed by atoms with van der Waals surface area (Å²) in [7, 11) is 0. The molecule has 0 spiro atoms. The van der Waals surface area contributed by atoms with Crippen LogP contribution in [0.5, 0.6) is 0 Å². The Morgan fingerprint density at radius 1 is 0.238 bits per heavy atom. The van der Waals surface area contributed by atoms with E-state index in [1.165, 1.54) is 119 Å². The fraction of sp³-hybridized carbons (Fsp3) is 0.0472. The standard InChI is InChI=1S/C46H30N4O.C42H28N4O.C39H22N4OS/c1-46(2)37-25-40-35(24-34(37)32-22-20-28-13-7-9-17-31(28)42(32)46)41-30-16-8-6-12-27(30)21-23-39(41)50(40)45-47-26-36-43(48-45)33-18-10-11-19-38(33)49(44(36)51)29-14-4-3-5-15-29;1-42(2)33-21-20-25-12-6-7-15-27(25)38(33)31-22-30-28-16-8-10-18-35(28)46(37(30)23-34(31)42)41-43-24-32-39(44-41)29-17-9-11-19-36(29)45(40(32)47)26-13-4-3-5-14-26;44-38-30-22-40-39(41-35(30)28-15-6-8-16-31(28)42(38)24-11-2-1-3-12-24)43-32-21-18-23-10-4-5-13-25(23)34(32)29-20-19-27-26-14-7-9-17-33(26)45-37(27)36(29)43/h3-26H,1-2H3;3-24H,1-2H3;1-22H. The molecule has 143 heavy (non-hydrogen) atoms. The SMILES string of the molecule is CC1(C)c2cc3c(cc2-c2c1ccc1ccccc21)c1ccccc1n3-c1ncc2c(=O)n(-c3ccccc3)c3ccccc3c2n1.CC1(C)c2cc3c(cc2-c2ccc4ccccc4c21)c1c2ccccc2ccc1n3-c1ncc2c(=O)n(-c3ccccc3)c3ccccc3c2n1.O=c1c2cnc(-n3c4ccc5ccccc5c4c4ccc5c6ccccc6sc5c43)nc2c2ccccc2n1-c1ccccc1. The number of fused-ring (bicyclic) bond motifs is 36. The van der Waals surface area contributed by atoms with Gasteiger partial charge in [0.1, 0.15) is 0 Å². The van der Waals surface area contributed by atoms with Crippen molar-refractivity contribution in [3.63, 3.8) is 0 Å². The van der Waals surface area contributed by atoms with Gasteiger partial charge in [0, 0.05) is 110 Å². The van der Waals surface area contributed by atoms with Crippen LogP contribution in [0.25, 0.3) is 251 Å². The minimum Gasteiger partial charge on any atom is -0.278 e. The third-order valence-electron chi connectivity index (χ3n) is 30.3. The Labute approximate surface area is 818 Å². The second-order valence-corrected chi connectivity index (χ2v) is 39.6. The van der Waals surface area contributed by atoms with Crippen LogP contribution in [0.3, 0.4) is 0 Å². The van der Waals surface area contributed by atoms with Gasteiger partial charge in [0.05, 0.1) is 87.1 Å². The molecule has 2 aliphatic carbocycles. The van der Waals surface area contributed by atoms with Crippen LogP contribution in [-0.2, 0) is 10.8 Å². The minimum absolute atomic E-state index is 0.136. The van der Waals surface area contributed by atoms with Crippen LogP contribution < -0.4 is 16.7 Å². The van der Waals surface area contributed by atoms with E-state index in [-0.39, 0.29) is 27.5 Å². The van der Waals surface area contributed by atoms with Gasteiger partial charge in [-0.3, -0.25) is 41.8 Å². The van der Waals surface area contributed by atoms with Crippen LogP contribution >= 0.6 is 11.3 Å². The van der Waals surface area contributed by atoms with Gasteiger partial charge in [-0.05, 0) is 191 Å². The molecule has 0 aliphatic heterocycles. The number of benzene rings is 19. The third-order valence-corrected chi connectivity index (χ3v) is 31.5. The average molecular weight is 1850 g/mol. The summed E-state index contributed by atoms with van der Waals surface area (Å²) < 4.78 is 14.3. The van der Waals surface area contributed by atoms with Crippen molar-refractivity contribution in [2.45, 2.75) is 38.5 Å². The van der Waals surface area contributed by atoms with Gasteiger partial charge in [-0.2, -0.15) is 0 Å². The van der Waals surface area contributed by atoms with E-state index in [1.54, 1.807) is 43.6 Å². The van der Waals surface area contributed by atoms with Crippen LogP contribution in [0, 0.1) is 0 Å². The van der Waals surface area contributed by atoms with Crippen molar-refractivity contribution in [2.24, 2.45) is 0 Å². The molecule has 10 heterocycles. The zero-order valence-corrected chi connectivity index (χ0v) is 78.6. The number of nitrogens with zero attached hydrogens (tertiary/aromatic N) is 12. The molecule has 0 saturated heterocycles. The van der Waals surface area contributed by atoms with Crippen molar-refractivity contribution in [1.29, 1.82) is 0 Å². The van der Waals surface area contributed by atoms with Gasteiger partial charge in [-0.15, -0.1) is 11.3 Å². The van der Waals surface area contributed by atoms with Gasteiger partial charge in [0.15, 0.2) is 0 Å². The third kappa shape index (κ3) is 11.8. The van der Waals surface area contributed by atoms with E-state index in [2.05, 4.69) is 272 Å². The van der Waals surface area contributed by atoms with Crippen molar-refractivity contribution in [3.05, 3.63) is 466 Å². The first kappa shape index (κ1) is 81.6. The fourth-order valence-electron chi connectivity index (χ4n) is 23.9. The molecule has 0 amide bonds. The number of aromatic nitrogens is 12. The molecule has 0 atom stereocenters. The lowest BCUT2D eigenvalue weighted by atomic mass is 9.80. The Morgan fingerprint density at radius 3 is 1.13 bits per heavy atom. The summed E-state index contributed by atoms with van der Waals surface area (Å²) in [5.74, 6) is 1.63. The van der Waals surface area contributed by atoms with Crippen LogP contribution in [-0.4, -0.2) is 57.3 Å². The molecule has 0 bridgehead atoms. The van der Waals surface area contributed by atoms with Crippen molar-refractivity contribution in [2.75, 3.05) is 0 Å². The van der Waals surface area contributed by atoms with Gasteiger partial charge >= 0.3 is 0 Å². The van der Waals surface area contributed by atoms with Gasteiger partial charge in [0.25, 0.3) is 16.7 Å². The molecule has 16 heteroatoms. The van der Waals surface area contributed by atoms with Crippen molar-refractivity contribution >= 4 is 205 Å². The summed E-state index contributed by atoms with van der Waals surface area (Å²) in [6.45, 7) is 9.33. The average Bonchev–Trinajstić information content (AvgIpc) is 1.63. The monoisotopic (exact) mass is 1850 g/mol. The Bertz CT molecular complexity index is 10900. The zero-order chi connectivity index (χ0) is 95.1. The smallest absolute Gasteiger partial charge is 0.266 e. The molecule has 0 fully saturated rings. The summed E-state index contributed by atoms with van der Waals surface area (Å²) in [6, 6.07) is 137. The summed E-state index contributed by atoms with van der Waals surface area (Å²) in [5.41, 5.74) is 22.7. The molecule has 10 aromatic heterocycles. The van der Waals surface area contributed by atoms with Crippen LogP contribution in [0.4, 0.5) is 0 Å². The maximum absolute atomic E-state index is 14.2. The van der Waals surface area contributed by atoms with E-state index in [9.17, 15) is 14.4 Å². The molecule has 0 saturated carbocycles. The first-order chi connectivity index (χ1) is 70.2. The quantitative estimate of drug-likeness (QED) is 0.148. The van der Waals surface area contributed by atoms with Gasteiger partial charge in [-0.1, -0.05) is 319 Å². The summed E-state index contributed by atoms with van der Waals surface area (Å²) in [6.07, 6.45) is 5.12. The van der Waals surface area contributed by atoms with E-state index < -0.39 is 0 Å². The van der Waals surface area contributed by atoms with Gasteiger partial charge in [0.2, 0.25) is 17.8 Å². The van der Waals surface area contributed by atoms with Crippen molar-refractivity contribution in [3.8, 4) is 57.2 Å². The second-order valence-electron chi connectivity index (χ2n) is 38.6. The lowest BCUT2D eigenvalue weighted by Crippen LogP contribution is -2.20.